The van der Waals surface area contributed by atoms with Crippen LogP contribution in [0.15, 0.2) is 18.2 Å². The van der Waals surface area contributed by atoms with Crippen molar-refractivity contribution in [3.63, 3.8) is 0 Å². The van der Waals surface area contributed by atoms with E-state index < -0.39 is 0 Å². The van der Waals surface area contributed by atoms with Crippen LogP contribution < -0.4 is 4.74 Å². The van der Waals surface area contributed by atoms with Gasteiger partial charge in [0.05, 0.1) is 6.61 Å². The summed E-state index contributed by atoms with van der Waals surface area (Å²) >= 11 is 0. The van der Waals surface area contributed by atoms with E-state index in [2.05, 4.69) is 30.0 Å². The van der Waals surface area contributed by atoms with Gasteiger partial charge in [-0.1, -0.05) is 31.9 Å². The van der Waals surface area contributed by atoms with Crippen LogP contribution >= 0.6 is 0 Å². The first-order valence-corrected chi connectivity index (χ1v) is 9.01. The Balaban J connectivity index is 1.45. The van der Waals surface area contributed by atoms with Crippen LogP contribution in [0.4, 0.5) is 0 Å². The fraction of sp³-hybridized carbons (Fsp3) is 0.632. The quantitative estimate of drug-likeness (QED) is 0.757. The summed E-state index contributed by atoms with van der Waals surface area (Å²) in [6.45, 7) is 7.68. The molecular weight excluding hydrogens is 288 g/mol. The molecule has 0 spiro atoms. The third-order valence-electron chi connectivity index (χ3n) is 4.88. The molecule has 0 atom stereocenters. The molecule has 4 nitrogen and oxygen atoms in total. The molecule has 2 aliphatic rings. The number of amides is 1. The molecule has 0 bridgehead atoms. The highest BCUT2D eigenvalue weighted by Crippen LogP contribution is 2.26. The van der Waals surface area contributed by atoms with Crippen molar-refractivity contribution in [1.29, 1.82) is 0 Å². The maximum absolute atomic E-state index is 12.2. The highest BCUT2D eigenvalue weighted by Gasteiger charge is 2.21. The predicted octanol–water partition coefficient (Wildman–Crippen LogP) is 2.85. The lowest BCUT2D eigenvalue weighted by Gasteiger charge is -2.35. The largest absolute Gasteiger partial charge is 0.493 e. The molecule has 126 valence electrons. The van der Waals surface area contributed by atoms with Gasteiger partial charge in [0.1, 0.15) is 5.75 Å². The van der Waals surface area contributed by atoms with Gasteiger partial charge in [0, 0.05) is 45.6 Å². The van der Waals surface area contributed by atoms with Gasteiger partial charge in [0.25, 0.3) is 0 Å². The van der Waals surface area contributed by atoms with Crippen molar-refractivity contribution >= 4 is 5.91 Å². The minimum Gasteiger partial charge on any atom is -0.493 e. The number of unbranched alkanes of at least 4 members (excludes halogenated alkanes) is 2. The summed E-state index contributed by atoms with van der Waals surface area (Å²) in [6, 6.07) is 6.56. The van der Waals surface area contributed by atoms with E-state index in [0.29, 0.717) is 5.91 Å². The Morgan fingerprint density at radius 3 is 2.78 bits per heavy atom. The summed E-state index contributed by atoms with van der Waals surface area (Å²) in [4.78, 5) is 16.7. The van der Waals surface area contributed by atoms with Crippen LogP contribution in [0.1, 0.15) is 43.7 Å². The molecule has 1 aromatic carbocycles. The molecular formula is C19H28N2O2. The van der Waals surface area contributed by atoms with E-state index in [1.807, 2.05) is 4.90 Å². The Bertz CT molecular complexity index is 536. The molecule has 2 heterocycles. The maximum atomic E-state index is 12.2. The summed E-state index contributed by atoms with van der Waals surface area (Å²) in [5, 5.41) is 0. The molecule has 1 amide bonds. The van der Waals surface area contributed by atoms with Gasteiger partial charge in [0.2, 0.25) is 5.91 Å². The van der Waals surface area contributed by atoms with Crippen molar-refractivity contribution in [2.45, 2.75) is 45.6 Å². The normalized spacial score (nSPS) is 17.9. The lowest BCUT2D eigenvalue weighted by Crippen LogP contribution is -2.48. The zero-order chi connectivity index (χ0) is 16.1. The summed E-state index contributed by atoms with van der Waals surface area (Å²) in [5.41, 5.74) is 2.70. The second-order valence-corrected chi connectivity index (χ2v) is 6.65. The van der Waals surface area contributed by atoms with Crippen molar-refractivity contribution in [2.24, 2.45) is 0 Å². The zero-order valence-corrected chi connectivity index (χ0v) is 14.2. The third-order valence-corrected chi connectivity index (χ3v) is 4.88. The van der Waals surface area contributed by atoms with Crippen molar-refractivity contribution in [2.75, 3.05) is 32.8 Å². The molecule has 0 N–H and O–H groups in total. The minimum atomic E-state index is 0.341. The van der Waals surface area contributed by atoms with Crippen LogP contribution in [-0.2, 0) is 17.8 Å². The molecule has 0 radical (unpaired) electrons. The molecule has 23 heavy (non-hydrogen) atoms. The number of fused-ring (bicyclic) bond motifs is 1. The van der Waals surface area contributed by atoms with Gasteiger partial charge in [-0.2, -0.15) is 0 Å². The average molecular weight is 316 g/mol. The average Bonchev–Trinajstić information content (AvgIpc) is 3.03. The Labute approximate surface area is 139 Å². The fourth-order valence-electron chi connectivity index (χ4n) is 3.44. The Hall–Kier alpha value is -1.55. The van der Waals surface area contributed by atoms with Crippen molar-refractivity contribution < 1.29 is 9.53 Å². The lowest BCUT2D eigenvalue weighted by molar-refractivity contribution is -0.133. The van der Waals surface area contributed by atoms with E-state index in [1.54, 1.807) is 0 Å². The van der Waals surface area contributed by atoms with Crippen molar-refractivity contribution in [3.8, 4) is 5.75 Å². The van der Waals surface area contributed by atoms with Gasteiger partial charge >= 0.3 is 0 Å². The Morgan fingerprint density at radius 1 is 1.17 bits per heavy atom. The van der Waals surface area contributed by atoms with Gasteiger partial charge in [-0.15, -0.1) is 0 Å². The van der Waals surface area contributed by atoms with E-state index >= 15 is 0 Å². The topological polar surface area (TPSA) is 32.8 Å². The molecule has 4 heteroatoms. The predicted molar refractivity (Wildman–Crippen MR) is 91.6 cm³/mol. The molecule has 0 saturated carbocycles. The first-order valence-electron chi connectivity index (χ1n) is 9.01. The first-order chi connectivity index (χ1) is 11.3. The lowest BCUT2D eigenvalue weighted by atomic mass is 10.1. The fourth-order valence-corrected chi connectivity index (χ4v) is 3.44. The summed E-state index contributed by atoms with van der Waals surface area (Å²) in [6.07, 6.45) is 5.12. The summed E-state index contributed by atoms with van der Waals surface area (Å²) in [7, 11) is 0. The van der Waals surface area contributed by atoms with Crippen LogP contribution in [0.3, 0.4) is 0 Å². The molecule has 0 aromatic heterocycles. The first kappa shape index (κ1) is 16.3. The highest BCUT2D eigenvalue weighted by molar-refractivity contribution is 5.76. The van der Waals surface area contributed by atoms with Gasteiger partial charge in [-0.05, 0) is 23.6 Å². The molecule has 1 aromatic rings. The second kappa shape index (κ2) is 7.82. The number of nitrogens with zero attached hydrogens (tertiary/aromatic N) is 2. The van der Waals surface area contributed by atoms with E-state index in [0.717, 1.165) is 70.8 Å². The van der Waals surface area contributed by atoms with Gasteiger partial charge < -0.3 is 9.64 Å². The summed E-state index contributed by atoms with van der Waals surface area (Å²) < 4.78 is 5.57. The van der Waals surface area contributed by atoms with E-state index in [1.165, 1.54) is 17.5 Å². The SMILES string of the molecule is CCCCCC(=O)N1CCN(Cc2ccc3c(c2)CCO3)CC1. The maximum Gasteiger partial charge on any atom is 0.222 e. The molecule has 2 aliphatic heterocycles. The molecule has 1 fully saturated rings. The molecule has 3 rings (SSSR count). The smallest absolute Gasteiger partial charge is 0.222 e. The standard InChI is InChI=1S/C19H28N2O2/c1-2-3-4-5-19(22)21-11-9-20(10-12-21)15-16-6-7-18-17(14-16)8-13-23-18/h6-7,14H,2-5,8-13,15H2,1H3. The van der Waals surface area contributed by atoms with E-state index in [4.69, 9.17) is 4.74 Å². The highest BCUT2D eigenvalue weighted by atomic mass is 16.5. The Kier molecular flexibility index (Phi) is 5.55. The van der Waals surface area contributed by atoms with Gasteiger partial charge in [-0.25, -0.2) is 0 Å². The second-order valence-electron chi connectivity index (χ2n) is 6.65. The number of piperazine rings is 1. The van der Waals surface area contributed by atoms with Gasteiger partial charge in [-0.3, -0.25) is 9.69 Å². The Morgan fingerprint density at radius 2 is 2.00 bits per heavy atom. The molecule has 1 saturated heterocycles. The van der Waals surface area contributed by atoms with Crippen LogP contribution in [0.2, 0.25) is 0 Å². The monoisotopic (exact) mass is 316 g/mol. The van der Waals surface area contributed by atoms with Crippen LogP contribution in [-0.4, -0.2) is 48.5 Å². The zero-order valence-electron chi connectivity index (χ0n) is 14.2. The number of benzene rings is 1. The van der Waals surface area contributed by atoms with Crippen molar-refractivity contribution in [1.82, 2.24) is 9.80 Å². The third kappa shape index (κ3) is 4.25. The van der Waals surface area contributed by atoms with Crippen LogP contribution in [0, 0.1) is 0 Å². The molecule has 0 unspecified atom stereocenters. The number of rotatable bonds is 6. The van der Waals surface area contributed by atoms with Crippen LogP contribution in [0.25, 0.3) is 0 Å². The van der Waals surface area contributed by atoms with Crippen LogP contribution in [0.5, 0.6) is 5.75 Å². The number of ether oxygens (including phenoxy) is 1. The number of hydrogen-bond donors (Lipinski definition) is 0. The number of hydrogen-bond acceptors (Lipinski definition) is 3. The minimum absolute atomic E-state index is 0.341. The van der Waals surface area contributed by atoms with Gasteiger partial charge in [0.15, 0.2) is 0 Å². The van der Waals surface area contributed by atoms with E-state index in [-0.39, 0.29) is 0 Å². The van der Waals surface area contributed by atoms with Crippen molar-refractivity contribution in [3.05, 3.63) is 29.3 Å². The molecule has 0 aliphatic carbocycles. The number of carbonyl (C=O) groups is 1. The summed E-state index contributed by atoms with van der Waals surface area (Å²) in [5.74, 6) is 1.39. The number of carbonyl (C=O) groups excluding carboxylic acids is 1. The van der Waals surface area contributed by atoms with E-state index in [9.17, 15) is 4.79 Å².